The van der Waals surface area contributed by atoms with Gasteiger partial charge in [-0.3, -0.25) is 38.9 Å². The van der Waals surface area contributed by atoms with Crippen LogP contribution in [0.3, 0.4) is 0 Å². The van der Waals surface area contributed by atoms with Crippen molar-refractivity contribution in [2.24, 2.45) is 55.1 Å². The summed E-state index contributed by atoms with van der Waals surface area (Å²) in [5.41, 5.74) is 38.1. The highest BCUT2D eigenvalue weighted by atomic mass is 16.2. The molecule has 67 heavy (non-hydrogen) atoms. The number of carbonyl (C=O) groups is 5. The number of primary amides is 1. The van der Waals surface area contributed by atoms with E-state index in [0.29, 0.717) is 45.1 Å². The number of nitrogens with zero attached hydrogens (tertiary/aromatic N) is 3. The second-order valence-corrected chi connectivity index (χ2v) is 18.0. The van der Waals surface area contributed by atoms with Crippen molar-refractivity contribution in [2.45, 2.75) is 231 Å². The minimum Gasteiger partial charge on any atom is -0.370 e. The van der Waals surface area contributed by atoms with E-state index in [2.05, 4.69) is 43.2 Å². The summed E-state index contributed by atoms with van der Waals surface area (Å²) in [5, 5.41) is 11.1. The average Bonchev–Trinajstić information content (AvgIpc) is 3.27. The zero-order valence-corrected chi connectivity index (χ0v) is 41.6. The zero-order chi connectivity index (χ0) is 49.8. The number of unbranched alkanes of at least 4 members (excludes halogenated alkanes) is 22. The van der Waals surface area contributed by atoms with E-state index in [0.717, 1.165) is 19.3 Å². The van der Waals surface area contributed by atoms with Gasteiger partial charge in [0.05, 0.1) is 0 Å². The first-order chi connectivity index (χ1) is 32.3. The van der Waals surface area contributed by atoms with Gasteiger partial charge in [-0.1, -0.05) is 142 Å². The molecule has 0 rings (SSSR count). The van der Waals surface area contributed by atoms with Crippen LogP contribution in [0.4, 0.5) is 0 Å². The van der Waals surface area contributed by atoms with Crippen molar-refractivity contribution >= 4 is 47.4 Å². The molecule has 0 aliphatic carbocycles. The van der Waals surface area contributed by atoms with Crippen LogP contribution in [0.15, 0.2) is 15.0 Å². The van der Waals surface area contributed by atoms with Gasteiger partial charge in [0.2, 0.25) is 29.5 Å². The maximum Gasteiger partial charge on any atom is 0.243 e. The van der Waals surface area contributed by atoms with E-state index in [4.69, 9.17) is 40.1 Å². The summed E-state index contributed by atoms with van der Waals surface area (Å²) in [5.74, 6) is -2.66. The van der Waals surface area contributed by atoms with Gasteiger partial charge in [-0.15, -0.1) is 0 Å². The van der Waals surface area contributed by atoms with Crippen LogP contribution in [0, 0.1) is 0 Å². The van der Waals surface area contributed by atoms with Crippen molar-refractivity contribution in [3.8, 4) is 0 Å². The molecular weight excluding hydrogens is 853 g/mol. The lowest BCUT2D eigenvalue weighted by Crippen LogP contribution is -2.56. The van der Waals surface area contributed by atoms with Crippen molar-refractivity contribution in [3.63, 3.8) is 0 Å². The molecule has 0 saturated carbocycles. The third-order valence-corrected chi connectivity index (χ3v) is 11.7. The molecule has 0 radical (unpaired) electrons. The van der Waals surface area contributed by atoms with Crippen LogP contribution >= 0.6 is 0 Å². The maximum atomic E-state index is 13.7. The van der Waals surface area contributed by atoms with E-state index in [1.54, 1.807) is 0 Å². The van der Waals surface area contributed by atoms with Gasteiger partial charge in [0.15, 0.2) is 17.9 Å². The number of rotatable bonds is 46. The number of amides is 5. The lowest BCUT2D eigenvalue weighted by Gasteiger charge is -2.25. The molecule has 0 saturated heterocycles. The fourth-order valence-corrected chi connectivity index (χ4v) is 7.77. The number of hydrogen-bond acceptors (Lipinski definition) is 8. The number of nitrogens with two attached hydrogens (primary N) is 7. The number of nitrogens with one attached hydrogen (secondary N) is 4. The summed E-state index contributed by atoms with van der Waals surface area (Å²) in [4.78, 5) is 76.5. The molecule has 3 atom stereocenters. The first kappa shape index (κ1) is 62.2. The van der Waals surface area contributed by atoms with E-state index in [9.17, 15) is 24.0 Å². The van der Waals surface area contributed by atoms with E-state index in [1.807, 2.05) is 0 Å². The maximum absolute atomic E-state index is 13.7. The number of aliphatic imine (C=N–C) groups is 3. The normalized spacial score (nSPS) is 12.3. The molecule has 0 bridgehead atoms. The number of hydrogen-bond donors (Lipinski definition) is 11. The Balaban J connectivity index is 4.57. The van der Waals surface area contributed by atoms with Crippen LogP contribution < -0.4 is 61.4 Å². The molecule has 0 aromatic rings. The third kappa shape index (κ3) is 41.1. The Morgan fingerprint density at radius 3 is 1.06 bits per heavy atom. The first-order valence-corrected chi connectivity index (χ1v) is 25.9. The van der Waals surface area contributed by atoms with E-state index in [-0.39, 0.29) is 75.0 Å². The lowest BCUT2D eigenvalue weighted by atomic mass is 10.0. The molecule has 0 unspecified atom stereocenters. The lowest BCUT2D eigenvalue weighted by molar-refractivity contribution is -0.133. The van der Waals surface area contributed by atoms with Gasteiger partial charge in [0, 0.05) is 39.0 Å². The Morgan fingerprint density at radius 2 is 0.687 bits per heavy atom. The molecule has 0 aliphatic rings. The molecule has 0 fully saturated rings. The SMILES string of the molecule is CCCCCCCCCCCCCCCCCCCCCCCC(=O)NCCCCCC(=O)N[C@@H](CCCN=C(N)N)C(=O)N[C@@H](CCCN=C(N)N)C(=O)N[C@@H](CCCN=C(N)N)C(N)=O. The monoisotopic (exact) mass is 949 g/mol. The number of guanidine groups is 3. The quantitative estimate of drug-likeness (QED) is 0.0231. The highest BCUT2D eigenvalue weighted by Crippen LogP contribution is 2.16. The van der Waals surface area contributed by atoms with Crippen molar-refractivity contribution in [1.82, 2.24) is 21.3 Å². The summed E-state index contributed by atoms with van der Waals surface area (Å²) in [6.07, 6.45) is 32.0. The molecule has 5 amide bonds. The summed E-state index contributed by atoms with van der Waals surface area (Å²) < 4.78 is 0. The van der Waals surface area contributed by atoms with Crippen LogP contribution in [-0.2, 0) is 24.0 Å². The molecule has 0 aromatic carbocycles. The second kappa shape index (κ2) is 43.7. The Morgan fingerprint density at radius 1 is 0.373 bits per heavy atom. The average molecular weight is 949 g/mol. The second-order valence-electron chi connectivity index (χ2n) is 18.0. The molecular formula is C48H96N14O5. The summed E-state index contributed by atoms with van der Waals surface area (Å²) in [6, 6.07) is -3.19. The van der Waals surface area contributed by atoms with Gasteiger partial charge in [-0.05, 0) is 57.8 Å². The van der Waals surface area contributed by atoms with Crippen molar-refractivity contribution < 1.29 is 24.0 Å². The van der Waals surface area contributed by atoms with Crippen LogP contribution in [-0.4, -0.2) is 91.7 Å². The fourth-order valence-electron chi connectivity index (χ4n) is 7.77. The van der Waals surface area contributed by atoms with Crippen molar-refractivity contribution in [1.29, 1.82) is 0 Å². The summed E-state index contributed by atoms with van der Waals surface area (Å²) >= 11 is 0. The highest BCUT2D eigenvalue weighted by molar-refractivity contribution is 5.94. The Kier molecular flexibility index (Phi) is 40.6. The molecule has 18 N–H and O–H groups in total. The van der Waals surface area contributed by atoms with E-state index in [1.165, 1.54) is 122 Å². The van der Waals surface area contributed by atoms with E-state index < -0.39 is 35.8 Å². The Bertz CT molecular complexity index is 1400. The van der Waals surface area contributed by atoms with Crippen molar-refractivity contribution in [2.75, 3.05) is 26.2 Å². The van der Waals surface area contributed by atoms with Gasteiger partial charge >= 0.3 is 0 Å². The fraction of sp³-hybridized carbons (Fsp3) is 0.833. The van der Waals surface area contributed by atoms with Gasteiger partial charge in [-0.2, -0.15) is 0 Å². The minimum absolute atomic E-state index is 0.0568. The molecule has 19 heteroatoms. The van der Waals surface area contributed by atoms with Crippen LogP contribution in [0.25, 0.3) is 0 Å². The molecule has 0 heterocycles. The molecule has 0 spiro atoms. The largest absolute Gasteiger partial charge is 0.370 e. The van der Waals surface area contributed by atoms with Gasteiger partial charge < -0.3 is 61.4 Å². The van der Waals surface area contributed by atoms with Crippen LogP contribution in [0.1, 0.15) is 212 Å². The van der Waals surface area contributed by atoms with Gasteiger partial charge in [0.1, 0.15) is 18.1 Å². The van der Waals surface area contributed by atoms with Gasteiger partial charge in [0.25, 0.3) is 0 Å². The van der Waals surface area contributed by atoms with Crippen molar-refractivity contribution in [3.05, 3.63) is 0 Å². The smallest absolute Gasteiger partial charge is 0.243 e. The number of carbonyl (C=O) groups excluding carboxylic acids is 5. The summed E-state index contributed by atoms with van der Waals surface area (Å²) in [7, 11) is 0. The Hall–Kier alpha value is -4.84. The predicted molar refractivity (Wildman–Crippen MR) is 273 cm³/mol. The topological polar surface area (TPSA) is 353 Å². The van der Waals surface area contributed by atoms with E-state index >= 15 is 0 Å². The van der Waals surface area contributed by atoms with Gasteiger partial charge in [-0.25, -0.2) is 0 Å². The highest BCUT2D eigenvalue weighted by Gasteiger charge is 2.29. The minimum atomic E-state index is -1.12. The summed E-state index contributed by atoms with van der Waals surface area (Å²) in [6.45, 7) is 3.43. The van der Waals surface area contributed by atoms with Crippen LogP contribution in [0.5, 0.6) is 0 Å². The molecule has 0 aliphatic heterocycles. The predicted octanol–water partition coefficient (Wildman–Crippen LogP) is 4.37. The first-order valence-electron chi connectivity index (χ1n) is 25.9. The molecule has 19 nitrogen and oxygen atoms in total. The van der Waals surface area contributed by atoms with Crippen LogP contribution in [0.2, 0.25) is 0 Å². The standard InChI is InChI=1S/C48H96N14O5/c1-2-3-4-5-6-7-8-9-10-11-12-13-14-15-16-17-18-19-20-21-23-32-41(63)56-34-25-22-24-33-42(64)60-39(30-27-36-58-47(52)53)44(66)62-40(31-28-37-59-48(54)55)45(67)61-38(43(49)65)29-26-35-57-46(50)51/h38-40H,2-37H2,1H3,(H2,49,65)(H,56,63)(H,60,64)(H,61,67)(H,62,66)(H4,50,51,57)(H4,52,53,58)(H4,54,55,59)/t38-,39-,40-/m0/s1. The zero-order valence-electron chi connectivity index (χ0n) is 41.6. The molecule has 0 aromatic heterocycles. The third-order valence-electron chi connectivity index (χ3n) is 11.7. The Labute approximate surface area is 403 Å². The molecule has 388 valence electrons.